The van der Waals surface area contributed by atoms with Crippen molar-refractivity contribution < 1.29 is 44.1 Å². The summed E-state index contributed by atoms with van der Waals surface area (Å²) in [5, 5.41) is 3.65. The number of nitrogens with one attached hydrogen (secondary N) is 1. The van der Waals surface area contributed by atoms with Crippen LogP contribution in [0.5, 0.6) is 5.75 Å². The lowest BCUT2D eigenvalue weighted by Crippen LogP contribution is -2.37. The Bertz CT molecular complexity index is 1960. The number of ether oxygens (including phenoxy) is 1. The van der Waals surface area contributed by atoms with Gasteiger partial charge in [0.25, 0.3) is 0 Å². The maximum Gasteiger partial charge on any atom is 0.534 e. The van der Waals surface area contributed by atoms with Crippen molar-refractivity contribution >= 4 is 38.9 Å². The molecule has 4 aromatic rings. The van der Waals surface area contributed by atoms with Crippen LogP contribution in [0.15, 0.2) is 51.8 Å². The molecule has 2 aromatic carbocycles. The third-order valence-electron chi connectivity index (χ3n) is 7.26. The zero-order valence-corrected chi connectivity index (χ0v) is 25.0. The zero-order valence-electron chi connectivity index (χ0n) is 24.2. The summed E-state index contributed by atoms with van der Waals surface area (Å²) in [4.78, 5) is 31.4. The highest BCUT2D eigenvalue weighted by atomic mass is 32.2. The molecule has 238 valence electrons. The van der Waals surface area contributed by atoms with Gasteiger partial charge in [0.2, 0.25) is 5.88 Å². The number of alkyl halides is 3. The first-order valence-electron chi connectivity index (χ1n) is 13.6. The second kappa shape index (κ2) is 12.1. The molecular formula is C30H27F4N3O7S. The first-order chi connectivity index (χ1) is 21.2. The van der Waals surface area contributed by atoms with Crippen molar-refractivity contribution in [1.29, 1.82) is 0 Å². The summed E-state index contributed by atoms with van der Waals surface area (Å²) in [5.41, 5.74) is -4.15. The molecule has 45 heavy (non-hydrogen) atoms. The number of aryl methyl sites for hydroxylation is 1. The number of fused-ring (bicyclic) bond motifs is 1. The SMILES string of the molecule is Cc1cc(C(C)Nc2cccnc2-c2cc(F)c(OS(=O)(=O)C(F)(F)F)c(C=O)c2)c2oc(N3CCOCC3)c(C)c(=O)c2c1. The Morgan fingerprint density at radius 1 is 1.13 bits per heavy atom. The standard InChI is InChI=1S/C30H27F4N3O7S/c1-16-11-21(28-22(12-16)26(39)17(2)29(43-28)37-7-9-42-10-8-37)18(3)36-24-5-4-6-35-25(24)19-13-20(15-38)27(23(31)14-19)44-45(40,41)30(32,33)34/h4-6,11-15,18,36H,7-10H2,1-3H3. The number of hydrogen-bond donors (Lipinski definition) is 1. The fourth-order valence-corrected chi connectivity index (χ4v) is 5.58. The van der Waals surface area contributed by atoms with Gasteiger partial charge in [0, 0.05) is 30.4 Å². The van der Waals surface area contributed by atoms with Gasteiger partial charge in [0.15, 0.2) is 23.3 Å². The van der Waals surface area contributed by atoms with E-state index >= 15 is 4.39 Å². The summed E-state index contributed by atoms with van der Waals surface area (Å²) in [7, 11) is -6.24. The number of hydrogen-bond acceptors (Lipinski definition) is 10. The highest BCUT2D eigenvalue weighted by Gasteiger charge is 2.49. The molecule has 2 aromatic heterocycles. The van der Waals surface area contributed by atoms with Crippen LogP contribution in [-0.2, 0) is 14.9 Å². The highest BCUT2D eigenvalue weighted by molar-refractivity contribution is 7.88. The van der Waals surface area contributed by atoms with Crippen molar-refractivity contribution in [2.45, 2.75) is 32.3 Å². The van der Waals surface area contributed by atoms with Crippen LogP contribution < -0.4 is 19.8 Å². The Kier molecular flexibility index (Phi) is 8.60. The number of halogens is 4. The molecule has 3 heterocycles. The minimum absolute atomic E-state index is 0.0264. The van der Waals surface area contributed by atoms with E-state index in [0.717, 1.165) is 11.6 Å². The molecule has 0 saturated carbocycles. The fourth-order valence-electron chi connectivity index (χ4n) is 5.09. The Labute approximate surface area is 254 Å². The fraction of sp³-hybridized carbons (Fsp3) is 0.300. The Balaban J connectivity index is 1.55. The number of morpholine rings is 1. The number of carbonyl (C=O) groups excluding carboxylic acids is 1. The Hall–Kier alpha value is -4.50. The second-order valence-corrected chi connectivity index (χ2v) is 12.0. The molecule has 1 aliphatic heterocycles. The minimum atomic E-state index is -6.24. The normalized spacial score (nSPS) is 14.8. The highest BCUT2D eigenvalue weighted by Crippen LogP contribution is 2.37. The lowest BCUT2D eigenvalue weighted by molar-refractivity contribution is -0.0501. The molecule has 1 atom stereocenters. The van der Waals surface area contributed by atoms with Gasteiger partial charge in [-0.1, -0.05) is 6.07 Å². The van der Waals surface area contributed by atoms with E-state index in [4.69, 9.17) is 9.15 Å². The van der Waals surface area contributed by atoms with E-state index in [9.17, 15) is 31.2 Å². The molecule has 5 rings (SSSR count). The van der Waals surface area contributed by atoms with Crippen molar-refractivity contribution in [1.82, 2.24) is 4.98 Å². The summed E-state index contributed by atoms with van der Waals surface area (Å²) < 4.78 is 92.3. The largest absolute Gasteiger partial charge is 0.534 e. The van der Waals surface area contributed by atoms with Gasteiger partial charge in [-0.25, -0.2) is 4.39 Å². The van der Waals surface area contributed by atoms with Gasteiger partial charge in [0.05, 0.1) is 47.2 Å². The predicted octanol–water partition coefficient (Wildman–Crippen LogP) is 5.66. The molecule has 1 saturated heterocycles. The molecule has 0 spiro atoms. The van der Waals surface area contributed by atoms with Crippen molar-refractivity contribution in [3.05, 3.63) is 80.9 Å². The van der Waals surface area contributed by atoms with Crippen molar-refractivity contribution in [2.24, 2.45) is 0 Å². The third-order valence-corrected chi connectivity index (χ3v) is 8.21. The molecule has 1 unspecified atom stereocenters. The summed E-state index contributed by atoms with van der Waals surface area (Å²) in [5.74, 6) is -2.47. The van der Waals surface area contributed by atoms with Gasteiger partial charge in [-0.15, -0.1) is 0 Å². The number of carbonyl (C=O) groups is 1. The zero-order chi connectivity index (χ0) is 32.7. The van der Waals surface area contributed by atoms with E-state index in [1.165, 1.54) is 6.20 Å². The van der Waals surface area contributed by atoms with Crippen LogP contribution in [0.4, 0.5) is 29.1 Å². The predicted molar refractivity (Wildman–Crippen MR) is 158 cm³/mol. The van der Waals surface area contributed by atoms with Gasteiger partial charge in [-0.3, -0.25) is 14.6 Å². The van der Waals surface area contributed by atoms with Crippen LogP contribution in [0.2, 0.25) is 0 Å². The van der Waals surface area contributed by atoms with Gasteiger partial charge in [-0.05, 0) is 56.7 Å². The molecular weight excluding hydrogens is 622 g/mol. The average Bonchev–Trinajstić information content (AvgIpc) is 2.99. The van der Waals surface area contributed by atoms with Crippen LogP contribution >= 0.6 is 0 Å². The van der Waals surface area contributed by atoms with E-state index < -0.39 is 38.8 Å². The monoisotopic (exact) mass is 649 g/mol. The van der Waals surface area contributed by atoms with E-state index in [1.807, 2.05) is 17.9 Å². The quantitative estimate of drug-likeness (QED) is 0.111. The number of rotatable bonds is 8. The first kappa shape index (κ1) is 31.9. The second-order valence-electron chi connectivity index (χ2n) is 10.4. The van der Waals surface area contributed by atoms with E-state index in [2.05, 4.69) is 14.5 Å². The maximum atomic E-state index is 15.0. The lowest BCUT2D eigenvalue weighted by Gasteiger charge is -2.29. The maximum absolute atomic E-state index is 15.0. The number of aromatic nitrogens is 1. The molecule has 15 heteroatoms. The number of nitrogens with zero attached hydrogens (tertiary/aromatic N) is 2. The van der Waals surface area contributed by atoms with Gasteiger partial charge >= 0.3 is 15.6 Å². The topological polar surface area (TPSA) is 128 Å². The van der Waals surface area contributed by atoms with Crippen LogP contribution in [0.1, 0.15) is 40.0 Å². The number of aldehydes is 1. The smallest absolute Gasteiger partial charge is 0.440 e. The molecule has 1 aliphatic rings. The molecule has 1 fully saturated rings. The average molecular weight is 650 g/mol. The molecule has 10 nitrogen and oxygen atoms in total. The Morgan fingerprint density at radius 3 is 2.51 bits per heavy atom. The van der Waals surface area contributed by atoms with Crippen LogP contribution in [0.25, 0.3) is 22.2 Å². The summed E-state index contributed by atoms with van der Waals surface area (Å²) >= 11 is 0. The van der Waals surface area contributed by atoms with Gasteiger partial charge in [0.1, 0.15) is 5.58 Å². The summed E-state index contributed by atoms with van der Waals surface area (Å²) in [6, 6.07) is 7.93. The Morgan fingerprint density at radius 2 is 1.84 bits per heavy atom. The lowest BCUT2D eigenvalue weighted by atomic mass is 9.99. The van der Waals surface area contributed by atoms with Crippen molar-refractivity contribution in [3.63, 3.8) is 0 Å². The van der Waals surface area contributed by atoms with Crippen molar-refractivity contribution in [2.75, 3.05) is 36.5 Å². The van der Waals surface area contributed by atoms with E-state index in [0.29, 0.717) is 66.0 Å². The van der Waals surface area contributed by atoms with E-state index in [1.54, 1.807) is 32.0 Å². The molecule has 0 aliphatic carbocycles. The van der Waals surface area contributed by atoms with Gasteiger partial charge in [-0.2, -0.15) is 21.6 Å². The number of anilines is 2. The molecule has 0 radical (unpaired) electrons. The first-order valence-corrected chi connectivity index (χ1v) is 15.0. The van der Waals surface area contributed by atoms with Crippen molar-refractivity contribution in [3.8, 4) is 17.0 Å². The molecule has 1 N–H and O–H groups in total. The number of pyridine rings is 1. The molecule has 0 amide bonds. The third kappa shape index (κ3) is 6.22. The summed E-state index contributed by atoms with van der Waals surface area (Å²) in [6.07, 6.45) is 1.35. The minimum Gasteiger partial charge on any atom is -0.440 e. The van der Waals surface area contributed by atoms with Crippen LogP contribution in [0.3, 0.4) is 0 Å². The van der Waals surface area contributed by atoms with Gasteiger partial charge < -0.3 is 23.6 Å². The van der Waals surface area contributed by atoms with E-state index in [-0.39, 0.29) is 23.0 Å². The van der Waals surface area contributed by atoms with Crippen LogP contribution in [-0.4, -0.2) is 51.5 Å². The van der Waals surface area contributed by atoms with Crippen LogP contribution in [0, 0.1) is 19.7 Å². The number of benzene rings is 2. The molecule has 0 bridgehead atoms. The summed E-state index contributed by atoms with van der Waals surface area (Å²) in [6.45, 7) is 7.42.